The van der Waals surface area contributed by atoms with Crippen LogP contribution in [0.15, 0.2) is 0 Å². The van der Waals surface area contributed by atoms with E-state index in [1.807, 2.05) is 0 Å². The Morgan fingerprint density at radius 1 is 1.38 bits per heavy atom. The number of carbonyl (C=O) groups excluding carboxylic acids is 1. The van der Waals surface area contributed by atoms with Gasteiger partial charge in [-0.1, -0.05) is 12.8 Å². The number of hydrogen-bond acceptors (Lipinski definition) is 3. The number of nitrogens with one attached hydrogen (secondary N) is 1. The van der Waals surface area contributed by atoms with Gasteiger partial charge in [-0.3, -0.25) is 4.79 Å². The van der Waals surface area contributed by atoms with E-state index in [9.17, 15) is 9.59 Å². The van der Waals surface area contributed by atoms with Crippen molar-refractivity contribution in [2.24, 2.45) is 5.92 Å². The fourth-order valence-corrected chi connectivity index (χ4v) is 2.16. The topological polar surface area (TPSA) is 66.4 Å². The van der Waals surface area contributed by atoms with Crippen LogP contribution >= 0.6 is 12.6 Å². The van der Waals surface area contributed by atoms with Gasteiger partial charge in [0.2, 0.25) is 5.91 Å². The van der Waals surface area contributed by atoms with Crippen molar-refractivity contribution in [1.82, 2.24) is 5.32 Å². The first kappa shape index (κ1) is 13.4. The van der Waals surface area contributed by atoms with Crippen LogP contribution in [0.2, 0.25) is 0 Å². The van der Waals surface area contributed by atoms with Gasteiger partial charge in [0, 0.05) is 10.7 Å². The van der Waals surface area contributed by atoms with E-state index in [-0.39, 0.29) is 11.8 Å². The van der Waals surface area contributed by atoms with E-state index in [1.165, 1.54) is 0 Å². The number of rotatable bonds is 4. The molecule has 1 atom stereocenters. The Morgan fingerprint density at radius 3 is 2.25 bits per heavy atom. The maximum atomic E-state index is 11.8. The molecule has 1 amide bonds. The monoisotopic (exact) mass is 245 g/mol. The molecule has 0 radical (unpaired) electrons. The van der Waals surface area contributed by atoms with Gasteiger partial charge in [0.15, 0.2) is 0 Å². The number of hydrogen-bond donors (Lipinski definition) is 3. The number of amides is 1. The van der Waals surface area contributed by atoms with Crippen molar-refractivity contribution < 1.29 is 14.7 Å². The van der Waals surface area contributed by atoms with Crippen LogP contribution in [0.3, 0.4) is 0 Å². The first-order valence-corrected chi connectivity index (χ1v) is 6.02. The van der Waals surface area contributed by atoms with Gasteiger partial charge in [0.25, 0.3) is 0 Å². The van der Waals surface area contributed by atoms with Crippen LogP contribution in [0.4, 0.5) is 0 Å². The Balaban J connectivity index is 2.61. The molecular weight excluding hydrogens is 226 g/mol. The van der Waals surface area contributed by atoms with Crippen molar-refractivity contribution in [2.75, 3.05) is 0 Å². The summed E-state index contributed by atoms with van der Waals surface area (Å²) in [6.45, 7) is 3.37. The summed E-state index contributed by atoms with van der Waals surface area (Å²) in [5.74, 6) is -1.20. The van der Waals surface area contributed by atoms with Gasteiger partial charge in [-0.15, -0.1) is 0 Å². The Labute approximate surface area is 101 Å². The van der Waals surface area contributed by atoms with Crippen molar-refractivity contribution in [2.45, 2.75) is 50.3 Å². The summed E-state index contributed by atoms with van der Waals surface area (Å²) < 4.78 is -0.764. The predicted molar refractivity (Wildman–Crippen MR) is 64.6 cm³/mol. The van der Waals surface area contributed by atoms with Crippen molar-refractivity contribution >= 4 is 24.5 Å². The molecule has 0 aromatic carbocycles. The van der Waals surface area contributed by atoms with Gasteiger partial charge in [-0.25, -0.2) is 4.79 Å². The van der Waals surface area contributed by atoms with Crippen molar-refractivity contribution in [3.05, 3.63) is 0 Å². The summed E-state index contributed by atoms with van der Waals surface area (Å²) in [7, 11) is 0. The summed E-state index contributed by atoms with van der Waals surface area (Å²) in [6, 6.07) is -0.941. The van der Waals surface area contributed by atoms with Gasteiger partial charge in [0.05, 0.1) is 0 Å². The second-order valence-electron chi connectivity index (χ2n) is 4.91. The number of aliphatic carboxylic acids is 1. The van der Waals surface area contributed by atoms with E-state index < -0.39 is 16.8 Å². The molecule has 1 aliphatic rings. The average Bonchev–Trinajstić information content (AvgIpc) is 2.63. The molecule has 0 aliphatic heterocycles. The molecule has 0 aromatic heterocycles. The fourth-order valence-electron chi connectivity index (χ4n) is 1.99. The van der Waals surface area contributed by atoms with Gasteiger partial charge in [-0.05, 0) is 26.7 Å². The Bertz CT molecular complexity index is 279. The molecule has 1 saturated carbocycles. The fraction of sp³-hybridized carbons (Fsp3) is 0.818. The molecule has 2 N–H and O–H groups in total. The third-order valence-corrected chi connectivity index (χ3v) is 3.22. The van der Waals surface area contributed by atoms with E-state index in [1.54, 1.807) is 13.8 Å². The summed E-state index contributed by atoms with van der Waals surface area (Å²) >= 11 is 4.21. The quantitative estimate of drug-likeness (QED) is 0.657. The maximum absolute atomic E-state index is 11.8. The molecule has 1 fully saturated rings. The number of carboxylic acid groups (broad SMARTS) is 1. The van der Waals surface area contributed by atoms with E-state index in [0.717, 1.165) is 25.7 Å². The van der Waals surface area contributed by atoms with Crippen LogP contribution in [0.25, 0.3) is 0 Å². The standard InChI is InChI=1S/C11H19NO3S/c1-11(2,16)8(10(14)15)12-9(13)7-5-3-4-6-7/h7-8,16H,3-6H2,1-2H3,(H,12,13)(H,14,15). The molecular formula is C11H19NO3S. The first-order chi connectivity index (χ1) is 7.32. The largest absolute Gasteiger partial charge is 0.480 e. The molecule has 0 bridgehead atoms. The first-order valence-electron chi connectivity index (χ1n) is 5.58. The van der Waals surface area contributed by atoms with Crippen molar-refractivity contribution in [3.8, 4) is 0 Å². The van der Waals surface area contributed by atoms with Gasteiger partial charge >= 0.3 is 5.97 Å². The molecule has 1 aliphatic carbocycles. The zero-order valence-electron chi connectivity index (χ0n) is 9.69. The Kier molecular flexibility index (Phi) is 4.24. The second kappa shape index (κ2) is 5.08. The third-order valence-electron chi connectivity index (χ3n) is 2.97. The Morgan fingerprint density at radius 2 is 1.88 bits per heavy atom. The molecule has 4 nitrogen and oxygen atoms in total. The number of carbonyl (C=O) groups is 2. The lowest BCUT2D eigenvalue weighted by atomic mass is 10.0. The molecule has 92 valence electrons. The highest BCUT2D eigenvalue weighted by Crippen LogP contribution is 2.26. The molecule has 1 rings (SSSR count). The average molecular weight is 245 g/mol. The summed E-state index contributed by atoms with van der Waals surface area (Å²) in [5, 5.41) is 11.6. The van der Waals surface area contributed by atoms with E-state index >= 15 is 0 Å². The van der Waals surface area contributed by atoms with Crippen LogP contribution in [-0.4, -0.2) is 27.8 Å². The van der Waals surface area contributed by atoms with Crippen molar-refractivity contribution in [1.29, 1.82) is 0 Å². The lowest BCUT2D eigenvalue weighted by Crippen LogP contribution is -2.52. The summed E-state index contributed by atoms with van der Waals surface area (Å²) in [4.78, 5) is 22.8. The minimum Gasteiger partial charge on any atom is -0.480 e. The normalized spacial score (nSPS) is 19.4. The van der Waals surface area contributed by atoms with Gasteiger partial charge in [0.1, 0.15) is 6.04 Å². The van der Waals surface area contributed by atoms with E-state index in [4.69, 9.17) is 5.11 Å². The van der Waals surface area contributed by atoms with Gasteiger partial charge < -0.3 is 10.4 Å². The summed E-state index contributed by atoms with van der Waals surface area (Å²) in [5.41, 5.74) is 0. The van der Waals surface area contributed by atoms with Gasteiger partial charge in [-0.2, -0.15) is 12.6 Å². The highest BCUT2D eigenvalue weighted by molar-refractivity contribution is 7.81. The van der Waals surface area contributed by atoms with Crippen LogP contribution in [0.5, 0.6) is 0 Å². The van der Waals surface area contributed by atoms with E-state index in [0.29, 0.717) is 0 Å². The Hall–Kier alpha value is -0.710. The minimum atomic E-state index is -1.04. The predicted octanol–water partition coefficient (Wildman–Crippen LogP) is 1.45. The highest BCUT2D eigenvalue weighted by atomic mass is 32.1. The van der Waals surface area contributed by atoms with Crippen LogP contribution in [-0.2, 0) is 9.59 Å². The SMILES string of the molecule is CC(C)(S)C(NC(=O)C1CCCC1)C(=O)O. The molecule has 16 heavy (non-hydrogen) atoms. The van der Waals surface area contributed by atoms with Crippen LogP contribution in [0, 0.1) is 5.92 Å². The van der Waals surface area contributed by atoms with Crippen LogP contribution < -0.4 is 5.32 Å². The molecule has 0 heterocycles. The lowest BCUT2D eigenvalue weighted by molar-refractivity contribution is -0.143. The second-order valence-corrected chi connectivity index (χ2v) is 6.07. The van der Waals surface area contributed by atoms with Crippen LogP contribution in [0.1, 0.15) is 39.5 Å². The lowest BCUT2D eigenvalue weighted by Gasteiger charge is -2.27. The molecule has 1 unspecified atom stereocenters. The molecule has 0 aromatic rings. The highest BCUT2D eigenvalue weighted by Gasteiger charge is 2.35. The third kappa shape index (κ3) is 3.40. The number of carboxylic acids is 1. The number of thiol groups is 1. The maximum Gasteiger partial charge on any atom is 0.327 e. The molecule has 5 heteroatoms. The minimum absolute atomic E-state index is 0.0162. The summed E-state index contributed by atoms with van der Waals surface area (Å²) in [6.07, 6.45) is 3.84. The molecule has 0 saturated heterocycles. The smallest absolute Gasteiger partial charge is 0.327 e. The zero-order chi connectivity index (χ0) is 12.3. The molecule has 0 spiro atoms. The zero-order valence-corrected chi connectivity index (χ0v) is 10.6. The van der Waals surface area contributed by atoms with E-state index in [2.05, 4.69) is 17.9 Å². The van der Waals surface area contributed by atoms with Crippen molar-refractivity contribution in [3.63, 3.8) is 0 Å².